The lowest BCUT2D eigenvalue weighted by atomic mass is 10.2. The second-order valence-corrected chi connectivity index (χ2v) is 1.70. The molecule has 0 unspecified atom stereocenters. The highest BCUT2D eigenvalue weighted by molar-refractivity contribution is 5.66. The van der Waals surface area contributed by atoms with E-state index in [1.54, 1.807) is 0 Å². The Hall–Kier alpha value is -0.570. The first-order valence-electron chi connectivity index (χ1n) is 3.78. The van der Waals surface area contributed by atoms with Gasteiger partial charge in [-0.15, -0.1) is 0 Å². The van der Waals surface area contributed by atoms with Gasteiger partial charge in [-0.1, -0.05) is 13.8 Å². The topological polar surface area (TPSA) is 64.9 Å². The van der Waals surface area contributed by atoms with Crippen LogP contribution in [0, 0.1) is 0 Å². The fourth-order valence-electron chi connectivity index (χ4n) is 0.453. The van der Waals surface area contributed by atoms with Gasteiger partial charge in [-0.2, -0.15) is 0 Å². The Kier molecular flexibility index (Phi) is 13.7. The highest BCUT2D eigenvalue weighted by atomic mass is 16.4. The Morgan fingerprint density at radius 3 is 2.20 bits per heavy atom. The summed E-state index contributed by atoms with van der Waals surface area (Å²) in [5.74, 6) is -0.710. The molecule has 0 rings (SSSR count). The van der Waals surface area contributed by atoms with E-state index < -0.39 is 5.97 Å². The lowest BCUT2D eigenvalue weighted by Gasteiger charge is -1.88. The third kappa shape index (κ3) is 15.7. The van der Waals surface area contributed by atoms with E-state index in [1.807, 2.05) is 13.8 Å². The van der Waals surface area contributed by atoms with Gasteiger partial charge < -0.3 is 10.8 Å². The molecular formula is C7H18NO2+. The summed E-state index contributed by atoms with van der Waals surface area (Å²) in [6.45, 7) is 4.84. The van der Waals surface area contributed by atoms with Gasteiger partial charge in [0.15, 0.2) is 0 Å². The lowest BCUT2D eigenvalue weighted by Crippen LogP contribution is -2.50. The Balaban J connectivity index is 0. The molecule has 0 aliphatic rings. The van der Waals surface area contributed by atoms with Crippen molar-refractivity contribution in [2.24, 2.45) is 0 Å². The average Bonchev–Trinajstić information content (AvgIpc) is 1.92. The molecule has 0 atom stereocenters. The lowest BCUT2D eigenvalue weighted by molar-refractivity contribution is -0.368. The first-order valence-corrected chi connectivity index (χ1v) is 3.78. The van der Waals surface area contributed by atoms with Crippen molar-refractivity contribution in [2.75, 3.05) is 6.54 Å². The maximum atomic E-state index is 9.85. The molecule has 0 radical (unpaired) electrons. The quantitative estimate of drug-likeness (QED) is 0.570. The molecule has 0 aliphatic heterocycles. The highest BCUT2D eigenvalue weighted by Gasteiger charge is 1.93. The van der Waals surface area contributed by atoms with Crippen LogP contribution in [0.4, 0.5) is 0 Å². The average molecular weight is 148 g/mol. The van der Waals surface area contributed by atoms with Crippen LogP contribution >= 0.6 is 0 Å². The number of carbonyl (C=O) groups is 1. The van der Waals surface area contributed by atoms with Gasteiger partial charge in [0, 0.05) is 6.42 Å². The molecule has 0 fully saturated rings. The molecule has 4 N–H and O–H groups in total. The molecule has 0 aromatic rings. The van der Waals surface area contributed by atoms with E-state index >= 15 is 0 Å². The van der Waals surface area contributed by atoms with E-state index in [0.29, 0.717) is 0 Å². The second-order valence-electron chi connectivity index (χ2n) is 1.70. The summed E-state index contributed by atoms with van der Waals surface area (Å²) in [4.78, 5) is 9.85. The SMILES string of the molecule is CC.[NH3+]CCCCC(=O)O. The molecule has 10 heavy (non-hydrogen) atoms. The third-order valence-electron chi connectivity index (χ3n) is 0.891. The first-order chi connectivity index (χ1) is 4.77. The van der Waals surface area contributed by atoms with Crippen molar-refractivity contribution in [2.45, 2.75) is 33.1 Å². The molecular weight excluding hydrogens is 130 g/mol. The van der Waals surface area contributed by atoms with Gasteiger partial charge in [0.1, 0.15) is 0 Å². The Bertz CT molecular complexity index is 74.0. The number of carboxylic acids is 1. The van der Waals surface area contributed by atoms with Crippen molar-refractivity contribution in [1.29, 1.82) is 0 Å². The van der Waals surface area contributed by atoms with Gasteiger partial charge >= 0.3 is 5.97 Å². The number of hydrogen-bond acceptors (Lipinski definition) is 1. The van der Waals surface area contributed by atoms with E-state index in [-0.39, 0.29) is 6.42 Å². The van der Waals surface area contributed by atoms with Gasteiger partial charge in [-0.25, -0.2) is 0 Å². The zero-order chi connectivity index (χ0) is 8.41. The number of carboxylic acid groups (broad SMARTS) is 1. The second kappa shape index (κ2) is 11.3. The van der Waals surface area contributed by atoms with E-state index in [0.717, 1.165) is 19.4 Å². The zero-order valence-electron chi connectivity index (χ0n) is 6.89. The highest BCUT2D eigenvalue weighted by Crippen LogP contribution is 1.90. The molecule has 0 spiro atoms. The predicted octanol–water partition coefficient (Wildman–Crippen LogP) is 0.509. The fourth-order valence-corrected chi connectivity index (χ4v) is 0.453. The summed E-state index contributed by atoms with van der Waals surface area (Å²) in [6, 6.07) is 0. The zero-order valence-corrected chi connectivity index (χ0v) is 6.89. The van der Waals surface area contributed by atoms with Gasteiger partial charge in [0.2, 0.25) is 0 Å². The summed E-state index contributed by atoms with van der Waals surface area (Å²) in [7, 11) is 0. The third-order valence-corrected chi connectivity index (χ3v) is 0.891. The van der Waals surface area contributed by atoms with Crippen LogP contribution in [0.1, 0.15) is 33.1 Å². The molecule has 0 aromatic heterocycles. The van der Waals surface area contributed by atoms with E-state index in [4.69, 9.17) is 5.11 Å². The molecule has 0 aliphatic carbocycles. The summed E-state index contributed by atoms with van der Waals surface area (Å²) in [5, 5.41) is 8.12. The Morgan fingerprint density at radius 1 is 1.40 bits per heavy atom. The minimum Gasteiger partial charge on any atom is -0.481 e. The molecule has 0 amide bonds. The van der Waals surface area contributed by atoms with Crippen molar-refractivity contribution in [3.05, 3.63) is 0 Å². The predicted molar refractivity (Wildman–Crippen MR) is 40.6 cm³/mol. The molecule has 0 saturated heterocycles. The van der Waals surface area contributed by atoms with Gasteiger partial charge in [-0.3, -0.25) is 4.79 Å². The summed E-state index contributed by atoms with van der Waals surface area (Å²) in [6.07, 6.45) is 1.97. The summed E-state index contributed by atoms with van der Waals surface area (Å²) >= 11 is 0. The molecule has 3 heteroatoms. The van der Waals surface area contributed by atoms with Gasteiger partial charge in [0.25, 0.3) is 0 Å². The molecule has 0 heterocycles. The van der Waals surface area contributed by atoms with E-state index in [2.05, 4.69) is 5.73 Å². The number of rotatable bonds is 4. The van der Waals surface area contributed by atoms with Crippen molar-refractivity contribution in [3.63, 3.8) is 0 Å². The van der Waals surface area contributed by atoms with Gasteiger partial charge in [-0.05, 0) is 12.8 Å². The maximum absolute atomic E-state index is 9.85. The Labute approximate surface area is 62.2 Å². The fraction of sp³-hybridized carbons (Fsp3) is 0.857. The number of aliphatic carboxylic acids is 1. The van der Waals surface area contributed by atoms with Crippen LogP contribution < -0.4 is 5.73 Å². The minimum absolute atomic E-state index is 0.287. The van der Waals surface area contributed by atoms with E-state index in [9.17, 15) is 4.79 Å². The van der Waals surface area contributed by atoms with Crippen LogP contribution in [0.15, 0.2) is 0 Å². The minimum atomic E-state index is -0.710. The van der Waals surface area contributed by atoms with Crippen LogP contribution in [0.2, 0.25) is 0 Å². The largest absolute Gasteiger partial charge is 0.481 e. The molecule has 0 aromatic carbocycles. The monoisotopic (exact) mass is 148 g/mol. The number of unbranched alkanes of at least 4 members (excludes halogenated alkanes) is 1. The molecule has 62 valence electrons. The summed E-state index contributed by atoms with van der Waals surface area (Å²) in [5.41, 5.74) is 3.59. The normalized spacial score (nSPS) is 7.90. The van der Waals surface area contributed by atoms with Crippen molar-refractivity contribution >= 4 is 5.97 Å². The Morgan fingerprint density at radius 2 is 1.90 bits per heavy atom. The first kappa shape index (κ1) is 12.1. The van der Waals surface area contributed by atoms with Crippen LogP contribution in [-0.2, 0) is 4.79 Å². The van der Waals surface area contributed by atoms with Gasteiger partial charge in [0.05, 0.1) is 6.54 Å². The van der Waals surface area contributed by atoms with Crippen molar-refractivity contribution in [3.8, 4) is 0 Å². The van der Waals surface area contributed by atoms with Crippen molar-refractivity contribution in [1.82, 2.24) is 0 Å². The van der Waals surface area contributed by atoms with Crippen LogP contribution in [0.25, 0.3) is 0 Å². The molecule has 0 saturated carbocycles. The van der Waals surface area contributed by atoms with Crippen LogP contribution in [0.5, 0.6) is 0 Å². The van der Waals surface area contributed by atoms with Crippen molar-refractivity contribution < 1.29 is 15.6 Å². The van der Waals surface area contributed by atoms with Crippen LogP contribution in [0.3, 0.4) is 0 Å². The molecule has 0 bridgehead atoms. The maximum Gasteiger partial charge on any atom is 0.303 e. The van der Waals surface area contributed by atoms with Crippen LogP contribution in [-0.4, -0.2) is 17.6 Å². The number of quaternary nitrogens is 1. The number of hydrogen-bond donors (Lipinski definition) is 2. The summed E-state index contributed by atoms with van der Waals surface area (Å²) < 4.78 is 0. The van der Waals surface area contributed by atoms with E-state index in [1.165, 1.54) is 0 Å². The standard InChI is InChI=1S/C5H11NO2.C2H6/c6-4-2-1-3-5(7)8;1-2/h1-4,6H2,(H,7,8);1-2H3/p+1. The molecule has 3 nitrogen and oxygen atoms in total. The smallest absolute Gasteiger partial charge is 0.303 e.